The Morgan fingerprint density at radius 1 is 1.24 bits per heavy atom. The topological polar surface area (TPSA) is 87.6 Å². The van der Waals surface area contributed by atoms with Gasteiger partial charge in [-0.15, -0.1) is 0 Å². The maximum atomic E-state index is 10.9. The van der Waals surface area contributed by atoms with Gasteiger partial charge in [0.15, 0.2) is 0 Å². The summed E-state index contributed by atoms with van der Waals surface area (Å²) in [6.45, 7) is 0.791. The Kier molecular flexibility index (Phi) is 3.98. The van der Waals surface area contributed by atoms with E-state index in [0.29, 0.717) is 5.69 Å². The van der Waals surface area contributed by atoms with Crippen molar-refractivity contribution in [1.29, 1.82) is 0 Å². The third-order valence-corrected chi connectivity index (χ3v) is 4.67. The van der Waals surface area contributed by atoms with Crippen LogP contribution in [0.3, 0.4) is 0 Å². The second-order valence-corrected chi connectivity index (χ2v) is 6.38. The predicted molar refractivity (Wildman–Crippen MR) is 97.6 cm³/mol. The molecule has 1 atom stereocenters. The zero-order valence-electron chi connectivity index (χ0n) is 13.5. The smallest absolute Gasteiger partial charge is 0.259 e. The van der Waals surface area contributed by atoms with Crippen molar-refractivity contribution in [3.05, 3.63) is 48.3 Å². The van der Waals surface area contributed by atoms with Crippen LogP contribution in [0.15, 0.2) is 42.7 Å². The van der Waals surface area contributed by atoms with Gasteiger partial charge in [0.25, 0.3) is 11.3 Å². The summed E-state index contributed by atoms with van der Waals surface area (Å²) in [6.07, 6.45) is 2.39. The first kappa shape index (κ1) is 15.8. The van der Waals surface area contributed by atoms with Crippen molar-refractivity contribution in [2.75, 3.05) is 23.3 Å². The molecule has 25 heavy (non-hydrogen) atoms. The van der Waals surface area contributed by atoms with Gasteiger partial charge in [-0.25, -0.2) is 14.2 Å². The van der Waals surface area contributed by atoms with Crippen molar-refractivity contribution in [3.63, 3.8) is 0 Å². The van der Waals surface area contributed by atoms with Gasteiger partial charge in [0.1, 0.15) is 17.9 Å². The largest absolute Gasteiger partial charge is 0.497 e. The van der Waals surface area contributed by atoms with Crippen LogP contribution >= 0.6 is 0 Å². The molecule has 0 radical (unpaired) electrons. The summed E-state index contributed by atoms with van der Waals surface area (Å²) in [4.78, 5) is 11.0. The fraction of sp³-hybridized carbons (Fsp3) is 0.176. The number of aromatic nitrogens is 2. The monoisotopic (exact) mass is 356 g/mol. The maximum absolute atomic E-state index is 10.9. The Hall–Kier alpha value is -2.71. The number of hydrogen-bond donors (Lipinski definition) is 2. The number of ether oxygens (including phenoxy) is 1. The van der Waals surface area contributed by atoms with Crippen molar-refractivity contribution < 1.29 is 13.5 Å². The molecule has 1 unspecified atom stereocenters. The van der Waals surface area contributed by atoms with Gasteiger partial charge in [-0.2, -0.15) is 0 Å². The first-order valence-corrected chi connectivity index (χ1v) is 8.83. The van der Waals surface area contributed by atoms with Gasteiger partial charge in [0, 0.05) is 29.4 Å². The molecule has 0 bridgehead atoms. The highest BCUT2D eigenvalue weighted by Gasteiger charge is 2.23. The molecule has 0 aliphatic carbocycles. The molecule has 2 N–H and O–H groups in total. The van der Waals surface area contributed by atoms with Gasteiger partial charge >= 0.3 is 0 Å². The maximum Gasteiger partial charge on any atom is 0.259 e. The van der Waals surface area contributed by atoms with Gasteiger partial charge in [-0.3, -0.25) is 9.27 Å². The Morgan fingerprint density at radius 2 is 2.12 bits per heavy atom. The molecule has 0 saturated carbocycles. The van der Waals surface area contributed by atoms with E-state index in [9.17, 15) is 4.21 Å². The quantitative estimate of drug-likeness (QED) is 0.699. The Labute approximate surface area is 147 Å². The second-order valence-electron chi connectivity index (χ2n) is 5.68. The minimum Gasteiger partial charge on any atom is -0.497 e. The van der Waals surface area contributed by atoms with Crippen molar-refractivity contribution in [2.24, 2.45) is 0 Å². The first-order valence-electron chi connectivity index (χ1n) is 7.72. The van der Waals surface area contributed by atoms with Crippen molar-refractivity contribution in [2.45, 2.75) is 6.42 Å². The molecule has 128 valence electrons. The molecule has 1 aliphatic rings. The predicted octanol–water partition coefficient (Wildman–Crippen LogP) is 2.88. The summed E-state index contributed by atoms with van der Waals surface area (Å²) in [5.74, 6) is 1.60. The summed E-state index contributed by atoms with van der Waals surface area (Å²) in [5, 5.41) is 0.954. The zero-order valence-corrected chi connectivity index (χ0v) is 14.3. The summed E-state index contributed by atoms with van der Waals surface area (Å²) >= 11 is -2.08. The van der Waals surface area contributed by atoms with E-state index in [4.69, 9.17) is 9.29 Å². The van der Waals surface area contributed by atoms with Crippen LogP contribution < -0.4 is 14.4 Å². The van der Waals surface area contributed by atoms with Gasteiger partial charge in [0.05, 0.1) is 12.6 Å². The lowest BCUT2D eigenvalue weighted by molar-refractivity contribution is 0.415. The van der Waals surface area contributed by atoms with Crippen LogP contribution in [-0.2, 0) is 17.7 Å². The molecule has 2 heterocycles. The molecular weight excluding hydrogens is 340 g/mol. The lowest BCUT2D eigenvalue weighted by Crippen LogP contribution is -2.15. The Bertz CT molecular complexity index is 979. The fourth-order valence-corrected chi connectivity index (χ4v) is 3.48. The van der Waals surface area contributed by atoms with Crippen LogP contribution in [0.1, 0.15) is 5.56 Å². The highest BCUT2D eigenvalue weighted by molar-refractivity contribution is 7.80. The van der Waals surface area contributed by atoms with Gasteiger partial charge in [0.2, 0.25) is 0 Å². The molecule has 0 saturated heterocycles. The molecule has 2 aromatic carbocycles. The summed E-state index contributed by atoms with van der Waals surface area (Å²) in [6, 6.07) is 11.4. The first-order chi connectivity index (χ1) is 12.2. The normalized spacial score (nSPS) is 14.4. The minimum absolute atomic E-state index is 0.624. The average Bonchev–Trinajstić information content (AvgIpc) is 3.03. The highest BCUT2D eigenvalue weighted by Crippen LogP contribution is 2.38. The van der Waals surface area contributed by atoms with Crippen LogP contribution in [0.5, 0.6) is 5.75 Å². The van der Waals surface area contributed by atoms with E-state index in [1.807, 2.05) is 30.3 Å². The number of benzene rings is 2. The van der Waals surface area contributed by atoms with E-state index in [1.165, 1.54) is 0 Å². The van der Waals surface area contributed by atoms with E-state index in [-0.39, 0.29) is 0 Å². The van der Waals surface area contributed by atoms with Crippen molar-refractivity contribution >= 4 is 39.4 Å². The van der Waals surface area contributed by atoms with E-state index in [0.717, 1.165) is 46.7 Å². The summed E-state index contributed by atoms with van der Waals surface area (Å²) in [5.41, 5.74) is 3.60. The second kappa shape index (κ2) is 6.30. The van der Waals surface area contributed by atoms with Crippen LogP contribution in [0.2, 0.25) is 0 Å². The molecule has 7 nitrogen and oxygen atoms in total. The van der Waals surface area contributed by atoms with E-state index < -0.39 is 11.3 Å². The molecular formula is C17H16N4O3S. The van der Waals surface area contributed by atoms with Crippen LogP contribution in [0.4, 0.5) is 17.2 Å². The number of anilines is 3. The molecule has 1 aliphatic heterocycles. The Balaban J connectivity index is 1.76. The van der Waals surface area contributed by atoms with Gasteiger partial charge < -0.3 is 9.64 Å². The van der Waals surface area contributed by atoms with Crippen molar-refractivity contribution in [3.8, 4) is 5.75 Å². The third kappa shape index (κ3) is 2.90. The summed E-state index contributed by atoms with van der Waals surface area (Å²) in [7, 11) is 1.63. The number of hydrogen-bond acceptors (Lipinski definition) is 5. The van der Waals surface area contributed by atoms with Crippen LogP contribution in [0, 0.1) is 0 Å². The minimum atomic E-state index is -2.08. The van der Waals surface area contributed by atoms with Crippen LogP contribution in [0.25, 0.3) is 10.9 Å². The number of nitrogens with one attached hydrogen (secondary N) is 1. The summed E-state index contributed by atoms with van der Waals surface area (Å²) < 4.78 is 27.6. The lowest BCUT2D eigenvalue weighted by atomic mass is 10.1. The highest BCUT2D eigenvalue weighted by atomic mass is 32.2. The van der Waals surface area contributed by atoms with E-state index >= 15 is 0 Å². The zero-order chi connectivity index (χ0) is 17.4. The number of nitrogens with zero attached hydrogens (tertiary/aromatic N) is 3. The van der Waals surface area contributed by atoms with E-state index in [1.54, 1.807) is 19.5 Å². The number of fused-ring (bicyclic) bond motifs is 2. The molecule has 3 aromatic rings. The molecule has 0 fully saturated rings. The number of rotatable bonds is 4. The van der Waals surface area contributed by atoms with Gasteiger partial charge in [-0.1, -0.05) is 0 Å². The Morgan fingerprint density at radius 3 is 2.92 bits per heavy atom. The molecule has 0 amide bonds. The molecule has 4 rings (SSSR count). The van der Waals surface area contributed by atoms with Crippen molar-refractivity contribution in [1.82, 2.24) is 9.97 Å². The SMILES string of the molecule is COc1ccc2c(N3CCc4cc(NS(=O)O)ccc43)ncnc2c1. The van der Waals surface area contributed by atoms with Gasteiger partial charge in [-0.05, 0) is 42.3 Å². The number of methoxy groups -OCH3 is 1. The molecule has 8 heteroatoms. The fourth-order valence-electron chi connectivity index (χ4n) is 3.15. The van der Waals surface area contributed by atoms with E-state index in [2.05, 4.69) is 19.6 Å². The average molecular weight is 356 g/mol. The third-order valence-electron chi connectivity index (χ3n) is 4.26. The lowest BCUT2D eigenvalue weighted by Gasteiger charge is -2.20. The van der Waals surface area contributed by atoms with Crippen LogP contribution in [-0.4, -0.2) is 32.4 Å². The molecule has 0 spiro atoms. The standard InChI is InChI=1S/C17H16N4O3S/c1-24-13-3-4-14-15(9-13)18-10-19-17(14)21-7-6-11-8-12(20-25(22)23)2-5-16(11)21/h2-5,8-10,20H,6-7H2,1H3,(H,22,23). The molecule has 1 aromatic heterocycles.